The summed E-state index contributed by atoms with van der Waals surface area (Å²) in [6.07, 6.45) is 3.56. The molecule has 0 aliphatic carbocycles. The van der Waals surface area contributed by atoms with Crippen molar-refractivity contribution in [3.8, 4) is 0 Å². The largest absolute Gasteiger partial charge is 0.480 e. The number of carboxylic acid groups (broad SMARTS) is 1. The molecule has 4 unspecified atom stereocenters. The van der Waals surface area contributed by atoms with Gasteiger partial charge in [0.15, 0.2) is 0 Å². The van der Waals surface area contributed by atoms with E-state index in [0.29, 0.717) is 19.4 Å². The van der Waals surface area contributed by atoms with Crippen molar-refractivity contribution in [2.75, 3.05) is 13.2 Å². The second-order valence-corrected chi connectivity index (χ2v) is 9.33. The van der Waals surface area contributed by atoms with Crippen LogP contribution in [0.4, 0.5) is 0 Å². The SMILES string of the molecule is CC(C)C(NC(=O)C(N)CCCCN)C(=O)NC(Cc1c[nH]c2ccccc12)C(=O)NC(CO)C(=O)O. The Hall–Kier alpha value is -3.48. The van der Waals surface area contributed by atoms with E-state index >= 15 is 0 Å². The highest BCUT2D eigenvalue weighted by atomic mass is 16.4. The first kappa shape index (κ1) is 29.7. The number of aromatic amines is 1. The van der Waals surface area contributed by atoms with Gasteiger partial charge in [-0.3, -0.25) is 14.4 Å². The number of carbonyl (C=O) groups is 4. The lowest BCUT2D eigenvalue weighted by Crippen LogP contribution is -2.59. The van der Waals surface area contributed by atoms with Gasteiger partial charge in [0.1, 0.15) is 18.1 Å². The molecule has 1 aromatic heterocycles. The molecule has 3 amide bonds. The Labute approximate surface area is 215 Å². The molecule has 0 saturated carbocycles. The Morgan fingerprint density at radius 3 is 2.27 bits per heavy atom. The molecule has 0 aliphatic heterocycles. The molecule has 0 fully saturated rings. The molecule has 12 nitrogen and oxygen atoms in total. The van der Waals surface area contributed by atoms with Crippen LogP contribution in [0.3, 0.4) is 0 Å². The number of para-hydroxylation sites is 1. The van der Waals surface area contributed by atoms with E-state index in [1.165, 1.54) is 0 Å². The lowest BCUT2D eigenvalue weighted by molar-refractivity contribution is -0.143. The van der Waals surface area contributed by atoms with Gasteiger partial charge >= 0.3 is 5.97 Å². The zero-order valence-corrected chi connectivity index (χ0v) is 21.2. The standard InChI is InChI=1S/C25H38N6O6/c1-14(2)21(31-22(33)17(27)8-5-6-10-26)24(35)29-19(23(34)30-20(13-32)25(36)37)11-15-12-28-18-9-4-3-7-16(15)18/h3-4,7,9,12,14,17,19-21,28,32H,5-6,8,10-11,13,26-27H2,1-2H3,(H,29,35)(H,30,34)(H,31,33)(H,36,37). The lowest BCUT2D eigenvalue weighted by Gasteiger charge is -2.27. The molecule has 0 saturated heterocycles. The van der Waals surface area contributed by atoms with E-state index < -0.39 is 54.5 Å². The maximum atomic E-state index is 13.3. The topological polar surface area (TPSA) is 213 Å². The maximum absolute atomic E-state index is 13.3. The monoisotopic (exact) mass is 518 g/mol. The Bertz CT molecular complexity index is 1070. The lowest BCUT2D eigenvalue weighted by atomic mass is 9.99. The summed E-state index contributed by atoms with van der Waals surface area (Å²) in [5.41, 5.74) is 13.0. The van der Waals surface area contributed by atoms with E-state index in [0.717, 1.165) is 22.9 Å². The minimum Gasteiger partial charge on any atom is -0.480 e. The fraction of sp³-hybridized carbons (Fsp3) is 0.520. The van der Waals surface area contributed by atoms with Crippen molar-refractivity contribution in [2.45, 2.75) is 63.7 Å². The molecule has 2 aromatic rings. The summed E-state index contributed by atoms with van der Waals surface area (Å²) in [5, 5.41) is 27.0. The Balaban J connectivity index is 2.23. The van der Waals surface area contributed by atoms with E-state index in [9.17, 15) is 29.4 Å². The number of aromatic nitrogens is 1. The van der Waals surface area contributed by atoms with Crippen molar-refractivity contribution in [3.63, 3.8) is 0 Å². The van der Waals surface area contributed by atoms with E-state index in [1.807, 2.05) is 24.3 Å². The highest BCUT2D eigenvalue weighted by Crippen LogP contribution is 2.19. The average Bonchev–Trinajstić information content (AvgIpc) is 3.27. The fourth-order valence-electron chi connectivity index (χ4n) is 3.88. The van der Waals surface area contributed by atoms with Crippen LogP contribution < -0.4 is 27.4 Å². The molecular formula is C25H38N6O6. The van der Waals surface area contributed by atoms with E-state index in [4.69, 9.17) is 11.5 Å². The summed E-state index contributed by atoms with van der Waals surface area (Å²) in [4.78, 5) is 53.4. The van der Waals surface area contributed by atoms with Gasteiger partial charge in [0.05, 0.1) is 12.6 Å². The molecule has 204 valence electrons. The van der Waals surface area contributed by atoms with Crippen LogP contribution >= 0.6 is 0 Å². The molecular weight excluding hydrogens is 480 g/mol. The molecule has 1 aromatic carbocycles. The van der Waals surface area contributed by atoms with Gasteiger partial charge in [-0.05, 0) is 36.9 Å². The summed E-state index contributed by atoms with van der Waals surface area (Å²) in [5.74, 6) is -3.64. The Morgan fingerprint density at radius 2 is 1.65 bits per heavy atom. The van der Waals surface area contributed by atoms with Crippen LogP contribution in [0.15, 0.2) is 30.5 Å². The van der Waals surface area contributed by atoms with Crippen LogP contribution in [0.25, 0.3) is 10.9 Å². The minimum absolute atomic E-state index is 0.0384. The Kier molecular flexibility index (Phi) is 11.5. The predicted octanol–water partition coefficient (Wildman–Crippen LogP) is -0.646. The van der Waals surface area contributed by atoms with Crippen LogP contribution in [0.1, 0.15) is 38.7 Å². The number of fused-ring (bicyclic) bond motifs is 1. The molecule has 0 aliphatic rings. The number of benzene rings is 1. The van der Waals surface area contributed by atoms with Gasteiger partial charge in [0, 0.05) is 23.5 Å². The summed E-state index contributed by atoms with van der Waals surface area (Å²) in [6.45, 7) is 3.16. The van der Waals surface area contributed by atoms with Gasteiger partial charge in [-0.15, -0.1) is 0 Å². The number of carbonyl (C=O) groups excluding carboxylic acids is 3. The summed E-state index contributed by atoms with van der Waals surface area (Å²) in [7, 11) is 0. The Morgan fingerprint density at radius 1 is 0.973 bits per heavy atom. The van der Waals surface area contributed by atoms with Gasteiger partial charge in [0.25, 0.3) is 0 Å². The predicted molar refractivity (Wildman–Crippen MR) is 138 cm³/mol. The van der Waals surface area contributed by atoms with Crippen LogP contribution in [0.2, 0.25) is 0 Å². The number of aliphatic hydroxyl groups is 1. The zero-order chi connectivity index (χ0) is 27.5. The second kappa shape index (κ2) is 14.3. The molecule has 0 radical (unpaired) electrons. The third kappa shape index (κ3) is 8.55. The zero-order valence-electron chi connectivity index (χ0n) is 21.2. The van der Waals surface area contributed by atoms with Crippen LogP contribution in [0, 0.1) is 5.92 Å². The number of carboxylic acids is 1. The van der Waals surface area contributed by atoms with Crippen molar-refractivity contribution in [1.82, 2.24) is 20.9 Å². The van der Waals surface area contributed by atoms with E-state index in [-0.39, 0.29) is 12.3 Å². The maximum Gasteiger partial charge on any atom is 0.328 e. The van der Waals surface area contributed by atoms with Crippen molar-refractivity contribution < 1.29 is 29.4 Å². The first-order valence-electron chi connectivity index (χ1n) is 12.3. The van der Waals surface area contributed by atoms with Gasteiger partial charge in [-0.25, -0.2) is 4.79 Å². The number of amides is 3. The number of hydrogen-bond donors (Lipinski definition) is 8. The van der Waals surface area contributed by atoms with Crippen molar-refractivity contribution in [3.05, 3.63) is 36.0 Å². The molecule has 2 rings (SSSR count). The van der Waals surface area contributed by atoms with Crippen LogP contribution in [-0.2, 0) is 25.6 Å². The molecule has 0 bridgehead atoms. The van der Waals surface area contributed by atoms with Crippen molar-refractivity contribution >= 4 is 34.6 Å². The van der Waals surface area contributed by atoms with E-state index in [1.54, 1.807) is 20.0 Å². The van der Waals surface area contributed by atoms with Crippen LogP contribution in [-0.4, -0.2) is 76.2 Å². The second-order valence-electron chi connectivity index (χ2n) is 9.33. The smallest absolute Gasteiger partial charge is 0.328 e. The van der Waals surface area contributed by atoms with Crippen molar-refractivity contribution in [1.29, 1.82) is 0 Å². The van der Waals surface area contributed by atoms with Crippen LogP contribution in [0.5, 0.6) is 0 Å². The van der Waals surface area contributed by atoms with Gasteiger partial charge < -0.3 is 42.6 Å². The minimum atomic E-state index is -1.54. The first-order chi connectivity index (χ1) is 17.6. The number of aliphatic carboxylic acids is 1. The number of hydrogen-bond acceptors (Lipinski definition) is 7. The molecule has 10 N–H and O–H groups in total. The number of aliphatic hydroxyl groups excluding tert-OH is 1. The average molecular weight is 519 g/mol. The van der Waals surface area contributed by atoms with Gasteiger partial charge in [-0.1, -0.05) is 38.5 Å². The highest BCUT2D eigenvalue weighted by molar-refractivity contribution is 5.95. The fourth-order valence-corrected chi connectivity index (χ4v) is 3.88. The van der Waals surface area contributed by atoms with Gasteiger partial charge in [-0.2, -0.15) is 0 Å². The summed E-state index contributed by atoms with van der Waals surface area (Å²) < 4.78 is 0. The third-order valence-corrected chi connectivity index (χ3v) is 6.08. The normalized spacial score (nSPS) is 14.5. The van der Waals surface area contributed by atoms with Crippen molar-refractivity contribution in [2.24, 2.45) is 17.4 Å². The molecule has 37 heavy (non-hydrogen) atoms. The number of H-pyrrole nitrogens is 1. The first-order valence-corrected chi connectivity index (χ1v) is 12.3. The third-order valence-electron chi connectivity index (χ3n) is 6.08. The van der Waals surface area contributed by atoms with Gasteiger partial charge in [0.2, 0.25) is 17.7 Å². The molecule has 12 heteroatoms. The molecule has 1 heterocycles. The summed E-state index contributed by atoms with van der Waals surface area (Å²) in [6, 6.07) is 2.88. The number of rotatable bonds is 15. The quantitative estimate of drug-likeness (QED) is 0.142. The van der Waals surface area contributed by atoms with E-state index in [2.05, 4.69) is 20.9 Å². The molecule has 0 spiro atoms. The number of nitrogens with one attached hydrogen (secondary N) is 4. The number of unbranched alkanes of at least 4 members (excludes halogenated alkanes) is 1. The highest BCUT2D eigenvalue weighted by Gasteiger charge is 2.32. The summed E-state index contributed by atoms with van der Waals surface area (Å²) >= 11 is 0. The molecule has 4 atom stereocenters. The number of nitrogens with two attached hydrogens (primary N) is 2.